The molecule has 9 heteroatoms. The zero-order chi connectivity index (χ0) is 33.5. The second-order valence-corrected chi connectivity index (χ2v) is 14.3. The Bertz CT molecular complexity index is 1730. The van der Waals surface area contributed by atoms with E-state index in [-0.39, 0.29) is 23.0 Å². The van der Waals surface area contributed by atoms with Crippen molar-refractivity contribution in [2.24, 2.45) is 0 Å². The molecule has 0 heterocycles. The van der Waals surface area contributed by atoms with Crippen LogP contribution < -0.4 is 14.4 Å². The van der Waals surface area contributed by atoms with Crippen LogP contribution in [0.4, 0.5) is 5.69 Å². The highest BCUT2D eigenvalue weighted by Crippen LogP contribution is 2.29. The van der Waals surface area contributed by atoms with Gasteiger partial charge in [-0.3, -0.25) is 13.9 Å². The topological polar surface area (TPSA) is 96.0 Å². The van der Waals surface area contributed by atoms with Crippen molar-refractivity contribution in [3.05, 3.63) is 120 Å². The van der Waals surface area contributed by atoms with Gasteiger partial charge < -0.3 is 15.0 Å². The fraction of sp³-hybridized carbons (Fsp3) is 0.297. The standard InChI is InChI=1S/C37H43N3O5S/c1-7-34(36(42)38-37(4,5)6)39(25-29-13-11-12-28(3)24-29)35(41)26-40(46(43,44)33-22-16-27(2)17-23-33)30-18-20-32(21-19-30)45-31-14-9-8-10-15-31/h8-24,34H,7,25-26H2,1-6H3,(H,38,42)/t34-/m1/s1. The summed E-state index contributed by atoms with van der Waals surface area (Å²) < 4.78 is 35.4. The van der Waals surface area contributed by atoms with E-state index in [4.69, 9.17) is 4.74 Å². The van der Waals surface area contributed by atoms with Gasteiger partial charge in [-0.2, -0.15) is 0 Å². The summed E-state index contributed by atoms with van der Waals surface area (Å²) in [5, 5.41) is 3.00. The fourth-order valence-electron chi connectivity index (χ4n) is 5.05. The molecular weight excluding hydrogens is 598 g/mol. The number of benzene rings is 4. The second-order valence-electron chi connectivity index (χ2n) is 12.4. The first-order chi connectivity index (χ1) is 21.8. The Morgan fingerprint density at radius 2 is 1.43 bits per heavy atom. The molecule has 0 saturated heterocycles. The lowest BCUT2D eigenvalue weighted by Crippen LogP contribution is -2.55. The van der Waals surface area contributed by atoms with Crippen molar-refractivity contribution >= 4 is 27.5 Å². The van der Waals surface area contributed by atoms with Gasteiger partial charge in [-0.1, -0.05) is 72.6 Å². The summed E-state index contributed by atoms with van der Waals surface area (Å²) in [7, 11) is -4.19. The number of nitrogens with zero attached hydrogens (tertiary/aromatic N) is 2. The number of rotatable bonds is 12. The van der Waals surface area contributed by atoms with Crippen LogP contribution >= 0.6 is 0 Å². The number of carbonyl (C=O) groups is 2. The largest absolute Gasteiger partial charge is 0.457 e. The third kappa shape index (κ3) is 8.97. The van der Waals surface area contributed by atoms with Crippen molar-refractivity contribution in [3.63, 3.8) is 0 Å². The van der Waals surface area contributed by atoms with Gasteiger partial charge in [0.25, 0.3) is 10.0 Å². The van der Waals surface area contributed by atoms with E-state index in [1.807, 2.05) is 96.1 Å². The predicted octanol–water partition coefficient (Wildman–Crippen LogP) is 7.01. The summed E-state index contributed by atoms with van der Waals surface area (Å²) >= 11 is 0. The molecule has 0 aliphatic heterocycles. The molecule has 0 bridgehead atoms. The SMILES string of the molecule is CC[C@H](C(=O)NC(C)(C)C)N(Cc1cccc(C)c1)C(=O)CN(c1ccc(Oc2ccccc2)cc1)S(=O)(=O)c1ccc(C)cc1. The Hall–Kier alpha value is -4.63. The minimum absolute atomic E-state index is 0.0539. The van der Waals surface area contributed by atoms with Crippen LogP contribution in [0.3, 0.4) is 0 Å². The lowest BCUT2D eigenvalue weighted by atomic mass is 10.0. The lowest BCUT2D eigenvalue weighted by Gasteiger charge is -2.35. The van der Waals surface area contributed by atoms with Crippen LogP contribution in [-0.4, -0.2) is 43.3 Å². The number of nitrogens with one attached hydrogen (secondary N) is 1. The van der Waals surface area contributed by atoms with Gasteiger partial charge in [0.2, 0.25) is 11.8 Å². The molecule has 0 unspecified atom stereocenters. The first-order valence-corrected chi connectivity index (χ1v) is 16.8. The monoisotopic (exact) mass is 641 g/mol. The summed E-state index contributed by atoms with van der Waals surface area (Å²) in [6.45, 7) is 10.9. The predicted molar refractivity (Wildman–Crippen MR) is 182 cm³/mol. The molecule has 242 valence electrons. The minimum Gasteiger partial charge on any atom is -0.457 e. The van der Waals surface area contributed by atoms with E-state index in [0.717, 1.165) is 21.0 Å². The Balaban J connectivity index is 1.74. The fourth-order valence-corrected chi connectivity index (χ4v) is 6.47. The van der Waals surface area contributed by atoms with E-state index >= 15 is 0 Å². The zero-order valence-electron chi connectivity index (χ0n) is 27.4. The number of aryl methyl sites for hydroxylation is 2. The van der Waals surface area contributed by atoms with E-state index in [0.29, 0.717) is 17.9 Å². The maximum atomic E-state index is 14.3. The van der Waals surface area contributed by atoms with Crippen molar-refractivity contribution in [2.75, 3.05) is 10.8 Å². The maximum Gasteiger partial charge on any atom is 0.264 e. The normalized spacial score (nSPS) is 12.2. The maximum absolute atomic E-state index is 14.3. The number of para-hydroxylation sites is 1. The Labute approximate surface area is 273 Å². The van der Waals surface area contributed by atoms with Gasteiger partial charge in [-0.25, -0.2) is 8.42 Å². The van der Waals surface area contributed by atoms with E-state index in [1.165, 1.54) is 17.0 Å². The second kappa shape index (κ2) is 14.6. The summed E-state index contributed by atoms with van der Waals surface area (Å²) in [4.78, 5) is 29.4. The van der Waals surface area contributed by atoms with E-state index in [1.54, 1.807) is 36.4 Å². The Morgan fingerprint density at radius 3 is 2.02 bits per heavy atom. The van der Waals surface area contributed by atoms with Crippen LogP contribution in [0.25, 0.3) is 0 Å². The molecule has 1 N–H and O–H groups in total. The third-order valence-electron chi connectivity index (χ3n) is 7.31. The van der Waals surface area contributed by atoms with E-state index in [2.05, 4.69) is 5.32 Å². The zero-order valence-corrected chi connectivity index (χ0v) is 28.2. The van der Waals surface area contributed by atoms with Gasteiger partial charge in [0.1, 0.15) is 24.1 Å². The molecule has 0 aromatic heterocycles. The molecule has 0 saturated carbocycles. The summed E-state index contributed by atoms with van der Waals surface area (Å²) in [6, 6.07) is 29.2. The Kier molecular flexibility index (Phi) is 10.9. The molecular formula is C37H43N3O5S. The highest BCUT2D eigenvalue weighted by atomic mass is 32.2. The lowest BCUT2D eigenvalue weighted by molar-refractivity contribution is -0.141. The van der Waals surface area contributed by atoms with Gasteiger partial charge in [-0.15, -0.1) is 0 Å². The number of hydrogen-bond acceptors (Lipinski definition) is 5. The van der Waals surface area contributed by atoms with Gasteiger partial charge in [0, 0.05) is 12.1 Å². The summed E-state index contributed by atoms with van der Waals surface area (Å²) in [6.07, 6.45) is 0.343. The van der Waals surface area contributed by atoms with E-state index < -0.39 is 34.1 Å². The van der Waals surface area contributed by atoms with Crippen LogP contribution in [0.1, 0.15) is 50.8 Å². The first-order valence-electron chi connectivity index (χ1n) is 15.4. The molecule has 4 rings (SSSR count). The molecule has 1 atom stereocenters. The minimum atomic E-state index is -4.19. The van der Waals surface area contributed by atoms with Crippen molar-refractivity contribution in [2.45, 2.75) is 71.0 Å². The molecule has 0 aliphatic rings. The number of ether oxygens (including phenoxy) is 1. The average molecular weight is 642 g/mol. The van der Waals surface area contributed by atoms with Gasteiger partial charge in [0.15, 0.2) is 0 Å². The van der Waals surface area contributed by atoms with Crippen LogP contribution in [0.5, 0.6) is 11.5 Å². The number of amides is 2. The third-order valence-corrected chi connectivity index (χ3v) is 9.10. The first kappa shape index (κ1) is 34.2. The van der Waals surface area contributed by atoms with Crippen LogP contribution in [0.15, 0.2) is 108 Å². The number of sulfonamides is 1. The number of hydrogen-bond donors (Lipinski definition) is 1. The molecule has 4 aromatic carbocycles. The van der Waals surface area contributed by atoms with Crippen molar-refractivity contribution < 1.29 is 22.7 Å². The molecule has 0 radical (unpaired) electrons. The van der Waals surface area contributed by atoms with E-state index in [9.17, 15) is 18.0 Å². The molecule has 0 spiro atoms. The number of anilines is 1. The van der Waals surface area contributed by atoms with Crippen molar-refractivity contribution in [1.82, 2.24) is 10.2 Å². The van der Waals surface area contributed by atoms with Crippen molar-refractivity contribution in [1.29, 1.82) is 0 Å². The van der Waals surface area contributed by atoms with Crippen LogP contribution in [0.2, 0.25) is 0 Å². The molecule has 8 nitrogen and oxygen atoms in total. The molecule has 2 amide bonds. The quantitative estimate of drug-likeness (QED) is 0.180. The molecule has 46 heavy (non-hydrogen) atoms. The molecule has 0 aliphatic carbocycles. The van der Waals surface area contributed by atoms with Crippen LogP contribution in [0, 0.1) is 13.8 Å². The molecule has 0 fully saturated rings. The highest BCUT2D eigenvalue weighted by molar-refractivity contribution is 7.92. The number of carbonyl (C=O) groups excluding carboxylic acids is 2. The van der Waals surface area contributed by atoms with Gasteiger partial charge in [-0.05, 0) is 95.1 Å². The molecule has 4 aromatic rings. The Morgan fingerprint density at radius 1 is 0.804 bits per heavy atom. The van der Waals surface area contributed by atoms with Crippen LogP contribution in [-0.2, 0) is 26.2 Å². The average Bonchev–Trinajstić information content (AvgIpc) is 3.00. The van der Waals surface area contributed by atoms with Crippen molar-refractivity contribution in [3.8, 4) is 11.5 Å². The smallest absolute Gasteiger partial charge is 0.264 e. The summed E-state index contributed by atoms with van der Waals surface area (Å²) in [5.41, 5.74) is 2.53. The van der Waals surface area contributed by atoms with Gasteiger partial charge in [0.05, 0.1) is 10.6 Å². The summed E-state index contributed by atoms with van der Waals surface area (Å²) in [5.74, 6) is 0.351. The van der Waals surface area contributed by atoms with Gasteiger partial charge >= 0.3 is 0 Å². The highest BCUT2D eigenvalue weighted by Gasteiger charge is 2.34.